The Morgan fingerprint density at radius 3 is 1.46 bits per heavy atom. The van der Waals surface area contributed by atoms with Crippen LogP contribution in [0.5, 0.6) is 11.5 Å². The van der Waals surface area contributed by atoms with Gasteiger partial charge in [-0.25, -0.2) is 9.97 Å². The van der Waals surface area contributed by atoms with Crippen LogP contribution in [-0.4, -0.2) is 33.1 Å². The minimum absolute atomic E-state index is 0.707. The van der Waals surface area contributed by atoms with Gasteiger partial charge in [0.1, 0.15) is 11.5 Å². The van der Waals surface area contributed by atoms with Crippen LogP contribution < -0.4 is 9.47 Å². The van der Waals surface area contributed by atoms with E-state index in [-0.39, 0.29) is 0 Å². The second-order valence-electron chi connectivity index (χ2n) is 14.4. The lowest BCUT2D eigenvalue weighted by Gasteiger charge is -2.13. The Morgan fingerprint density at radius 1 is 0.462 bits per heavy atom. The van der Waals surface area contributed by atoms with Crippen LogP contribution in [0.2, 0.25) is 0 Å². The molecule has 8 bridgehead atoms. The van der Waals surface area contributed by atoms with E-state index in [1.165, 1.54) is 89.9 Å². The molecule has 52 heavy (non-hydrogen) atoms. The second kappa shape index (κ2) is 19.9. The molecule has 0 spiro atoms. The van der Waals surface area contributed by atoms with E-state index in [0.29, 0.717) is 13.2 Å². The van der Waals surface area contributed by atoms with Gasteiger partial charge in [0.2, 0.25) is 0 Å². The SMILES string of the molecule is CCCCCCCCCCOc1cc(OCCCCCCCCCC)cc(C2=Cc3cc4ccc(cc5ccc(cc6nc(cc2n3)C=C6)[nH]5)[nH]4)c1. The average Bonchev–Trinajstić information content (AvgIpc) is 3.96. The molecule has 0 saturated heterocycles. The Hall–Kier alpha value is -4.58. The van der Waals surface area contributed by atoms with Crippen molar-refractivity contribution < 1.29 is 9.47 Å². The number of nitrogens with zero attached hydrogens (tertiary/aromatic N) is 2. The van der Waals surface area contributed by atoms with E-state index >= 15 is 0 Å². The number of unbranched alkanes of at least 4 members (excludes halogenated alkanes) is 14. The first-order valence-corrected chi connectivity index (χ1v) is 20.1. The Bertz CT molecular complexity index is 1910. The van der Waals surface area contributed by atoms with Crippen molar-refractivity contribution in [3.05, 3.63) is 95.1 Å². The minimum atomic E-state index is 0.707. The molecule has 2 aliphatic heterocycles. The number of nitrogens with one attached hydrogen (secondary N) is 2. The van der Waals surface area contributed by atoms with Crippen molar-refractivity contribution in [2.24, 2.45) is 0 Å². The molecule has 1 aromatic carbocycles. The average molecular weight is 699 g/mol. The predicted molar refractivity (Wildman–Crippen MR) is 220 cm³/mol. The van der Waals surface area contributed by atoms with Gasteiger partial charge in [-0.1, -0.05) is 104 Å². The van der Waals surface area contributed by atoms with Crippen molar-refractivity contribution in [3.63, 3.8) is 0 Å². The maximum absolute atomic E-state index is 6.42. The highest BCUT2D eigenvalue weighted by molar-refractivity contribution is 5.94. The van der Waals surface area contributed by atoms with Gasteiger partial charge in [-0.3, -0.25) is 0 Å². The fraction of sp³-hybridized carbons (Fsp3) is 0.435. The molecule has 6 rings (SSSR count). The molecule has 2 N–H and O–H groups in total. The van der Waals surface area contributed by atoms with Gasteiger partial charge in [0.05, 0.1) is 36.0 Å². The van der Waals surface area contributed by atoms with Crippen LogP contribution in [0.15, 0.2) is 66.7 Å². The molecule has 3 aromatic heterocycles. The number of hydrogen-bond acceptors (Lipinski definition) is 4. The minimum Gasteiger partial charge on any atom is -0.493 e. The highest BCUT2D eigenvalue weighted by Crippen LogP contribution is 2.34. The van der Waals surface area contributed by atoms with Crippen LogP contribution in [0.1, 0.15) is 145 Å². The summed E-state index contributed by atoms with van der Waals surface area (Å²) in [5.74, 6) is 1.70. The summed E-state index contributed by atoms with van der Waals surface area (Å²) in [6.07, 6.45) is 26.7. The maximum atomic E-state index is 6.42. The van der Waals surface area contributed by atoms with E-state index in [9.17, 15) is 0 Å². The molecular weight excluding hydrogens is 641 g/mol. The fourth-order valence-electron chi connectivity index (χ4n) is 6.99. The number of benzene rings is 1. The summed E-state index contributed by atoms with van der Waals surface area (Å²) in [7, 11) is 0. The summed E-state index contributed by atoms with van der Waals surface area (Å²) in [5, 5.41) is 0. The van der Waals surface area contributed by atoms with E-state index in [2.05, 4.69) is 109 Å². The molecule has 0 unspecified atom stereocenters. The van der Waals surface area contributed by atoms with E-state index in [4.69, 9.17) is 19.4 Å². The Kier molecular flexibility index (Phi) is 14.2. The van der Waals surface area contributed by atoms with Crippen molar-refractivity contribution >= 4 is 45.9 Å². The van der Waals surface area contributed by atoms with E-state index in [1.54, 1.807) is 0 Å². The van der Waals surface area contributed by atoms with Crippen molar-refractivity contribution in [1.82, 2.24) is 19.9 Å². The third kappa shape index (κ3) is 11.5. The van der Waals surface area contributed by atoms with Gasteiger partial charge in [0, 0.05) is 33.7 Å². The van der Waals surface area contributed by atoms with Gasteiger partial charge in [-0.05, 0) is 97.3 Å². The van der Waals surface area contributed by atoms with Crippen LogP contribution in [0.25, 0.3) is 45.9 Å². The smallest absolute Gasteiger partial charge is 0.123 e. The molecule has 4 aromatic rings. The summed E-state index contributed by atoms with van der Waals surface area (Å²) in [6, 6.07) is 23.1. The molecule has 0 radical (unpaired) electrons. The number of H-pyrrole nitrogens is 2. The molecule has 2 aliphatic rings. The molecule has 0 fully saturated rings. The van der Waals surface area contributed by atoms with Gasteiger partial charge in [0.15, 0.2) is 0 Å². The number of aromatic nitrogens is 4. The standard InChI is InChI=1S/C46H58N4O2/c1-3-5-7-9-11-13-15-17-25-51-43-27-35(28-44(34-43)52-26-18-16-14-12-10-8-6-4-2)45-32-42-31-40-22-21-38(48-40)29-36-19-20-37(47-36)30-39-23-24-41(49-39)33-46(45)50-42/h19-24,27-34,47-48H,3-18,25-26H2,1-2H3. The first-order chi connectivity index (χ1) is 25.6. The molecule has 0 aliphatic carbocycles. The summed E-state index contributed by atoms with van der Waals surface area (Å²) in [5.41, 5.74) is 9.67. The lowest BCUT2D eigenvalue weighted by molar-refractivity contribution is 0.289. The highest BCUT2D eigenvalue weighted by Gasteiger charge is 2.16. The van der Waals surface area contributed by atoms with Crippen LogP contribution >= 0.6 is 0 Å². The van der Waals surface area contributed by atoms with Crippen molar-refractivity contribution in [3.8, 4) is 11.5 Å². The zero-order valence-electron chi connectivity index (χ0n) is 31.5. The zero-order chi connectivity index (χ0) is 35.8. The third-order valence-corrected chi connectivity index (χ3v) is 9.89. The van der Waals surface area contributed by atoms with Crippen molar-refractivity contribution in [2.75, 3.05) is 13.2 Å². The first kappa shape index (κ1) is 37.2. The van der Waals surface area contributed by atoms with Gasteiger partial charge in [0.25, 0.3) is 0 Å². The van der Waals surface area contributed by atoms with Gasteiger partial charge < -0.3 is 19.4 Å². The molecular formula is C46H58N4O2. The van der Waals surface area contributed by atoms with Crippen molar-refractivity contribution in [1.29, 1.82) is 0 Å². The lowest BCUT2D eigenvalue weighted by atomic mass is 10.0. The molecule has 5 heterocycles. The predicted octanol–water partition coefficient (Wildman–Crippen LogP) is 13.1. The number of fused-ring (bicyclic) bond motifs is 8. The zero-order valence-corrected chi connectivity index (χ0v) is 31.5. The van der Waals surface area contributed by atoms with Crippen LogP contribution in [0.4, 0.5) is 0 Å². The van der Waals surface area contributed by atoms with Crippen LogP contribution in [0.3, 0.4) is 0 Å². The van der Waals surface area contributed by atoms with Gasteiger partial charge >= 0.3 is 0 Å². The molecule has 0 atom stereocenters. The number of aromatic amines is 2. The molecule has 6 heteroatoms. The second-order valence-corrected chi connectivity index (χ2v) is 14.4. The quantitative estimate of drug-likeness (QED) is 0.0734. The number of hydrogen-bond donors (Lipinski definition) is 2. The topological polar surface area (TPSA) is 75.8 Å². The number of ether oxygens (including phenoxy) is 2. The highest BCUT2D eigenvalue weighted by atomic mass is 16.5. The van der Waals surface area contributed by atoms with Crippen molar-refractivity contribution in [2.45, 2.75) is 117 Å². The Morgan fingerprint density at radius 2 is 0.923 bits per heavy atom. The van der Waals surface area contributed by atoms with Crippen LogP contribution in [0, 0.1) is 0 Å². The lowest BCUT2D eigenvalue weighted by Crippen LogP contribution is -2.01. The molecule has 0 amide bonds. The first-order valence-electron chi connectivity index (χ1n) is 20.1. The Balaban J connectivity index is 1.24. The molecule has 274 valence electrons. The normalized spacial score (nSPS) is 12.3. The largest absolute Gasteiger partial charge is 0.493 e. The summed E-state index contributed by atoms with van der Waals surface area (Å²) < 4.78 is 12.8. The van der Waals surface area contributed by atoms with E-state index in [0.717, 1.165) is 80.3 Å². The third-order valence-electron chi connectivity index (χ3n) is 9.89. The molecule has 0 saturated carbocycles. The summed E-state index contributed by atoms with van der Waals surface area (Å²) >= 11 is 0. The van der Waals surface area contributed by atoms with E-state index < -0.39 is 0 Å². The van der Waals surface area contributed by atoms with E-state index in [1.807, 2.05) is 0 Å². The molecule has 6 nitrogen and oxygen atoms in total. The maximum Gasteiger partial charge on any atom is 0.123 e. The van der Waals surface area contributed by atoms with Gasteiger partial charge in [-0.15, -0.1) is 0 Å². The monoisotopic (exact) mass is 698 g/mol. The van der Waals surface area contributed by atoms with Gasteiger partial charge in [-0.2, -0.15) is 0 Å². The number of rotatable bonds is 21. The Labute approximate surface area is 310 Å². The summed E-state index contributed by atoms with van der Waals surface area (Å²) in [6.45, 7) is 5.96. The summed E-state index contributed by atoms with van der Waals surface area (Å²) in [4.78, 5) is 17.0. The van der Waals surface area contributed by atoms with Crippen LogP contribution in [-0.2, 0) is 0 Å². The fourth-order valence-corrected chi connectivity index (χ4v) is 6.99.